The molecular formula is C23H25N3O4S. The number of carbonyl (C=O) groups excluding carboxylic acids is 1. The largest absolute Gasteiger partial charge is 0.497 e. The molecule has 162 valence electrons. The molecule has 0 radical (unpaired) electrons. The number of benzene rings is 2. The Morgan fingerprint density at radius 3 is 2.35 bits per heavy atom. The first kappa shape index (κ1) is 21.1. The number of nitrogens with zero attached hydrogens (tertiary/aromatic N) is 2. The van der Waals surface area contributed by atoms with Crippen LogP contribution in [0.4, 0.5) is 11.4 Å². The smallest absolute Gasteiger partial charge is 0.264 e. The molecule has 2 heterocycles. The van der Waals surface area contributed by atoms with Crippen LogP contribution in [0.2, 0.25) is 0 Å². The lowest BCUT2D eigenvalue weighted by molar-refractivity contribution is -0.115. The van der Waals surface area contributed by atoms with Gasteiger partial charge in [0, 0.05) is 24.7 Å². The molecule has 2 aromatic rings. The van der Waals surface area contributed by atoms with Gasteiger partial charge in [0.2, 0.25) is 0 Å². The van der Waals surface area contributed by atoms with Crippen molar-refractivity contribution in [3.05, 3.63) is 46.9 Å². The molecule has 1 amide bonds. The van der Waals surface area contributed by atoms with Crippen molar-refractivity contribution in [1.29, 1.82) is 0 Å². The third kappa shape index (κ3) is 4.64. The predicted molar refractivity (Wildman–Crippen MR) is 125 cm³/mol. The van der Waals surface area contributed by atoms with Crippen LogP contribution in [0.1, 0.15) is 18.4 Å². The van der Waals surface area contributed by atoms with E-state index >= 15 is 0 Å². The van der Waals surface area contributed by atoms with Gasteiger partial charge in [0.1, 0.15) is 17.2 Å². The van der Waals surface area contributed by atoms with Crippen molar-refractivity contribution in [1.82, 2.24) is 5.32 Å². The summed E-state index contributed by atoms with van der Waals surface area (Å²) in [7, 11) is 4.91. The Morgan fingerprint density at radius 2 is 1.71 bits per heavy atom. The number of amidine groups is 1. The summed E-state index contributed by atoms with van der Waals surface area (Å²) >= 11 is 1.29. The summed E-state index contributed by atoms with van der Waals surface area (Å²) in [6.45, 7) is 2.01. The number of rotatable bonds is 6. The van der Waals surface area contributed by atoms with Crippen molar-refractivity contribution in [2.24, 2.45) is 4.99 Å². The van der Waals surface area contributed by atoms with E-state index in [1.807, 2.05) is 42.5 Å². The summed E-state index contributed by atoms with van der Waals surface area (Å²) < 4.78 is 16.4. The van der Waals surface area contributed by atoms with Crippen LogP contribution >= 0.6 is 11.8 Å². The van der Waals surface area contributed by atoms with Gasteiger partial charge in [-0.15, -0.1) is 0 Å². The number of anilines is 1. The van der Waals surface area contributed by atoms with Gasteiger partial charge >= 0.3 is 0 Å². The van der Waals surface area contributed by atoms with Crippen LogP contribution in [-0.4, -0.2) is 45.5 Å². The molecule has 4 rings (SSSR count). The molecule has 8 heteroatoms. The second-order valence-electron chi connectivity index (χ2n) is 7.14. The molecule has 31 heavy (non-hydrogen) atoms. The van der Waals surface area contributed by atoms with Crippen molar-refractivity contribution >= 4 is 40.3 Å². The first-order valence-corrected chi connectivity index (χ1v) is 10.9. The maximum Gasteiger partial charge on any atom is 0.264 e. The summed E-state index contributed by atoms with van der Waals surface area (Å²) in [4.78, 5) is 19.9. The van der Waals surface area contributed by atoms with Gasteiger partial charge in [-0.05, 0) is 61.0 Å². The predicted octanol–water partition coefficient (Wildman–Crippen LogP) is 4.20. The average molecular weight is 440 g/mol. The van der Waals surface area contributed by atoms with E-state index < -0.39 is 0 Å². The molecule has 0 aromatic heterocycles. The standard InChI is InChI=1S/C23H25N3O4S/c1-28-17-8-6-16(7-9-17)24-23-25-22(27)21(31-23)13-15-12-20(30-3)18(14-19(15)29-2)26-10-4-5-11-26/h6-9,12-14H,4-5,10-11H2,1-3H3,(H,24,25,27)/b21-13-. The van der Waals surface area contributed by atoms with E-state index in [1.54, 1.807) is 21.3 Å². The number of thioether (sulfide) groups is 1. The summed E-state index contributed by atoms with van der Waals surface area (Å²) in [6, 6.07) is 11.2. The van der Waals surface area contributed by atoms with E-state index in [0.717, 1.165) is 41.5 Å². The molecule has 2 fully saturated rings. The number of methoxy groups -OCH3 is 3. The van der Waals surface area contributed by atoms with Gasteiger partial charge in [0.15, 0.2) is 5.17 Å². The molecule has 0 bridgehead atoms. The van der Waals surface area contributed by atoms with Gasteiger partial charge in [0.05, 0.1) is 37.6 Å². The summed E-state index contributed by atoms with van der Waals surface area (Å²) in [5, 5.41) is 3.35. The topological polar surface area (TPSA) is 72.4 Å². The SMILES string of the molecule is COc1ccc(N=C2NC(=O)/C(=C/c3cc(OC)c(N4CCCC4)cc3OC)S2)cc1. The van der Waals surface area contributed by atoms with E-state index in [0.29, 0.717) is 15.8 Å². The molecule has 0 spiro atoms. The first-order valence-electron chi connectivity index (χ1n) is 10.1. The van der Waals surface area contributed by atoms with Crippen molar-refractivity contribution < 1.29 is 19.0 Å². The zero-order valence-corrected chi connectivity index (χ0v) is 18.6. The summed E-state index contributed by atoms with van der Waals surface area (Å²) in [5.41, 5.74) is 2.54. The summed E-state index contributed by atoms with van der Waals surface area (Å²) in [5.74, 6) is 2.03. The minimum atomic E-state index is -0.193. The number of aliphatic imine (C=N–C) groups is 1. The van der Waals surface area contributed by atoms with E-state index in [9.17, 15) is 4.79 Å². The van der Waals surface area contributed by atoms with Crippen molar-refractivity contribution in [2.45, 2.75) is 12.8 Å². The van der Waals surface area contributed by atoms with E-state index in [-0.39, 0.29) is 5.91 Å². The highest BCUT2D eigenvalue weighted by Gasteiger charge is 2.25. The van der Waals surface area contributed by atoms with Crippen molar-refractivity contribution in [3.8, 4) is 17.2 Å². The Bertz CT molecular complexity index is 1030. The second-order valence-corrected chi connectivity index (χ2v) is 8.17. The van der Waals surface area contributed by atoms with E-state index in [2.05, 4.69) is 15.2 Å². The van der Waals surface area contributed by atoms with Gasteiger partial charge in [0.25, 0.3) is 5.91 Å². The molecular weight excluding hydrogens is 414 g/mol. The van der Waals surface area contributed by atoms with E-state index in [4.69, 9.17) is 14.2 Å². The van der Waals surface area contributed by atoms with Crippen molar-refractivity contribution in [3.63, 3.8) is 0 Å². The molecule has 2 saturated heterocycles. The van der Waals surface area contributed by atoms with Crippen LogP contribution in [-0.2, 0) is 4.79 Å². The molecule has 0 unspecified atom stereocenters. The van der Waals surface area contributed by atoms with Crippen LogP contribution in [0.25, 0.3) is 6.08 Å². The second kappa shape index (κ2) is 9.34. The molecule has 2 aliphatic rings. The fourth-order valence-corrected chi connectivity index (χ4v) is 4.45. The van der Waals surface area contributed by atoms with E-state index in [1.165, 1.54) is 24.6 Å². The molecule has 2 aromatic carbocycles. The first-order chi connectivity index (χ1) is 15.1. The van der Waals surface area contributed by atoms with Gasteiger partial charge in [-0.1, -0.05) is 0 Å². The lowest BCUT2D eigenvalue weighted by atomic mass is 10.1. The Morgan fingerprint density at radius 1 is 1.00 bits per heavy atom. The lowest BCUT2D eigenvalue weighted by Gasteiger charge is -2.22. The Balaban J connectivity index is 1.61. The fourth-order valence-electron chi connectivity index (χ4n) is 3.62. The van der Waals surface area contributed by atoms with Crippen LogP contribution < -0.4 is 24.4 Å². The zero-order chi connectivity index (χ0) is 21.8. The minimum Gasteiger partial charge on any atom is -0.497 e. The van der Waals surface area contributed by atoms with Gasteiger partial charge in [-0.3, -0.25) is 4.79 Å². The van der Waals surface area contributed by atoms with Crippen LogP contribution in [0.5, 0.6) is 17.2 Å². The molecule has 0 saturated carbocycles. The van der Waals surface area contributed by atoms with Crippen molar-refractivity contribution in [2.75, 3.05) is 39.3 Å². The molecule has 7 nitrogen and oxygen atoms in total. The van der Waals surface area contributed by atoms with Gasteiger partial charge in [-0.2, -0.15) is 0 Å². The number of hydrogen-bond acceptors (Lipinski definition) is 7. The molecule has 1 N–H and O–H groups in total. The number of amides is 1. The molecule has 0 aliphatic carbocycles. The van der Waals surface area contributed by atoms with Crippen LogP contribution in [0.3, 0.4) is 0 Å². The third-order valence-electron chi connectivity index (χ3n) is 5.22. The Kier molecular flexibility index (Phi) is 6.36. The fraction of sp³-hybridized carbons (Fsp3) is 0.304. The highest BCUT2D eigenvalue weighted by molar-refractivity contribution is 8.18. The highest BCUT2D eigenvalue weighted by Crippen LogP contribution is 2.39. The monoisotopic (exact) mass is 439 g/mol. The van der Waals surface area contributed by atoms with Gasteiger partial charge < -0.3 is 24.4 Å². The lowest BCUT2D eigenvalue weighted by Crippen LogP contribution is -2.19. The minimum absolute atomic E-state index is 0.193. The highest BCUT2D eigenvalue weighted by atomic mass is 32.2. The maximum atomic E-state index is 12.5. The summed E-state index contributed by atoms with van der Waals surface area (Å²) in [6.07, 6.45) is 4.15. The zero-order valence-electron chi connectivity index (χ0n) is 17.8. The normalized spacial score (nSPS) is 18.5. The molecule has 2 aliphatic heterocycles. The van der Waals surface area contributed by atoms with Crippen LogP contribution in [0, 0.1) is 0 Å². The third-order valence-corrected chi connectivity index (χ3v) is 6.13. The maximum absolute atomic E-state index is 12.5. The number of ether oxygens (including phenoxy) is 3. The van der Waals surface area contributed by atoms with Gasteiger partial charge in [-0.25, -0.2) is 4.99 Å². The number of hydrogen-bond donors (Lipinski definition) is 1. The van der Waals surface area contributed by atoms with Crippen LogP contribution in [0.15, 0.2) is 46.3 Å². The average Bonchev–Trinajstić information content (AvgIpc) is 3.44. The number of carbonyl (C=O) groups is 1. The Hall–Kier alpha value is -3.13. The Labute approximate surface area is 186 Å². The molecule has 0 atom stereocenters. The number of nitrogens with one attached hydrogen (secondary N) is 1. The quantitative estimate of drug-likeness (QED) is 0.680.